The summed E-state index contributed by atoms with van der Waals surface area (Å²) >= 11 is 0. The zero-order chi connectivity index (χ0) is 19.3. The number of benzene rings is 3. The molecule has 0 spiro atoms. The monoisotopic (exact) mass is 374 g/mol. The number of hydroxylamine groups is 2. The van der Waals surface area contributed by atoms with Crippen LogP contribution in [0, 0.1) is 0 Å². The van der Waals surface area contributed by atoms with Crippen molar-refractivity contribution in [1.29, 1.82) is 0 Å². The summed E-state index contributed by atoms with van der Waals surface area (Å²) in [4.78, 5) is 20.4. The van der Waals surface area contributed by atoms with E-state index in [-0.39, 0.29) is 5.97 Å². The van der Waals surface area contributed by atoms with Crippen LogP contribution in [0.15, 0.2) is 72.8 Å². The van der Waals surface area contributed by atoms with Crippen molar-refractivity contribution in [3.63, 3.8) is 0 Å². The average Bonchev–Trinajstić information content (AvgIpc) is 3.17. The number of carbonyl (C=O) groups excluding carboxylic acids is 1. The van der Waals surface area contributed by atoms with Crippen LogP contribution in [0.1, 0.15) is 18.9 Å². The van der Waals surface area contributed by atoms with E-state index in [1.54, 1.807) is 0 Å². The molecule has 1 atom stereocenters. The average molecular weight is 374 g/mol. The SMILES string of the molecule is CCN(c1cccc2ccccc12)[C@H]1CCN(OC(=O)Cc2ccccc2)C1. The maximum absolute atomic E-state index is 12.3. The Kier molecular flexibility index (Phi) is 5.58. The summed E-state index contributed by atoms with van der Waals surface area (Å²) in [7, 11) is 0. The van der Waals surface area contributed by atoms with Crippen LogP contribution in [-0.4, -0.2) is 36.7 Å². The highest BCUT2D eigenvalue weighted by Gasteiger charge is 2.30. The first-order valence-corrected chi connectivity index (χ1v) is 9.98. The first kappa shape index (κ1) is 18.5. The van der Waals surface area contributed by atoms with Crippen molar-refractivity contribution in [3.05, 3.63) is 78.4 Å². The van der Waals surface area contributed by atoms with Crippen molar-refractivity contribution in [3.8, 4) is 0 Å². The minimum absolute atomic E-state index is 0.194. The van der Waals surface area contributed by atoms with Gasteiger partial charge in [0.25, 0.3) is 0 Å². The molecule has 0 aromatic heterocycles. The predicted molar refractivity (Wildman–Crippen MR) is 113 cm³/mol. The van der Waals surface area contributed by atoms with E-state index in [1.165, 1.54) is 16.5 Å². The highest BCUT2D eigenvalue weighted by atomic mass is 16.7. The molecule has 4 heteroatoms. The Morgan fingerprint density at radius 3 is 2.61 bits per heavy atom. The lowest BCUT2D eigenvalue weighted by molar-refractivity contribution is -0.184. The summed E-state index contributed by atoms with van der Waals surface area (Å²) in [6, 6.07) is 25.0. The Labute approximate surface area is 166 Å². The highest BCUT2D eigenvalue weighted by Crippen LogP contribution is 2.30. The summed E-state index contributed by atoms with van der Waals surface area (Å²) in [6.45, 7) is 4.61. The number of rotatable bonds is 6. The third-order valence-corrected chi connectivity index (χ3v) is 5.41. The van der Waals surface area contributed by atoms with Crippen molar-refractivity contribution in [2.45, 2.75) is 25.8 Å². The van der Waals surface area contributed by atoms with Crippen molar-refractivity contribution in [1.82, 2.24) is 5.06 Å². The van der Waals surface area contributed by atoms with E-state index in [0.717, 1.165) is 31.6 Å². The maximum atomic E-state index is 12.3. The summed E-state index contributed by atoms with van der Waals surface area (Å²) < 4.78 is 0. The number of carbonyl (C=O) groups is 1. The molecular weight excluding hydrogens is 348 g/mol. The number of hydrogen-bond acceptors (Lipinski definition) is 4. The van der Waals surface area contributed by atoms with Crippen LogP contribution in [-0.2, 0) is 16.1 Å². The molecule has 1 heterocycles. The number of fused-ring (bicyclic) bond motifs is 1. The van der Waals surface area contributed by atoms with E-state index in [9.17, 15) is 4.79 Å². The van der Waals surface area contributed by atoms with E-state index < -0.39 is 0 Å². The van der Waals surface area contributed by atoms with Gasteiger partial charge in [0.05, 0.1) is 13.0 Å². The lowest BCUT2D eigenvalue weighted by Crippen LogP contribution is -2.38. The number of likely N-dealkylation sites (N-methyl/N-ethyl adjacent to an activating group) is 1. The van der Waals surface area contributed by atoms with Gasteiger partial charge in [0.2, 0.25) is 0 Å². The largest absolute Gasteiger partial charge is 0.368 e. The number of hydrogen-bond donors (Lipinski definition) is 0. The van der Waals surface area contributed by atoms with Gasteiger partial charge in [0, 0.05) is 30.2 Å². The summed E-state index contributed by atoms with van der Waals surface area (Å²) in [6.07, 6.45) is 1.29. The van der Waals surface area contributed by atoms with E-state index in [1.807, 2.05) is 35.4 Å². The normalized spacial score (nSPS) is 17.0. The zero-order valence-corrected chi connectivity index (χ0v) is 16.3. The number of nitrogens with zero attached hydrogens (tertiary/aromatic N) is 2. The van der Waals surface area contributed by atoms with Crippen LogP contribution < -0.4 is 4.90 Å². The third-order valence-electron chi connectivity index (χ3n) is 5.41. The number of anilines is 1. The molecule has 0 unspecified atom stereocenters. The molecular formula is C24H26N2O2. The molecule has 3 aromatic rings. The molecule has 3 aromatic carbocycles. The van der Waals surface area contributed by atoms with E-state index in [2.05, 4.69) is 54.3 Å². The third kappa shape index (κ3) is 4.02. The Bertz CT molecular complexity index is 936. The predicted octanol–water partition coefficient (Wildman–Crippen LogP) is 4.44. The Morgan fingerprint density at radius 1 is 1.04 bits per heavy atom. The molecule has 0 amide bonds. The van der Waals surface area contributed by atoms with Gasteiger partial charge in [-0.3, -0.25) is 0 Å². The molecule has 1 saturated heterocycles. The van der Waals surface area contributed by atoms with Crippen LogP contribution in [0.4, 0.5) is 5.69 Å². The summed E-state index contributed by atoms with van der Waals surface area (Å²) in [5.41, 5.74) is 2.23. The molecule has 1 aliphatic rings. The van der Waals surface area contributed by atoms with Crippen molar-refractivity contribution in [2.75, 3.05) is 24.5 Å². The lowest BCUT2D eigenvalue weighted by atomic mass is 10.1. The fourth-order valence-electron chi connectivity index (χ4n) is 4.07. The van der Waals surface area contributed by atoms with Gasteiger partial charge in [-0.2, -0.15) is 0 Å². The minimum atomic E-state index is -0.194. The van der Waals surface area contributed by atoms with Gasteiger partial charge in [-0.15, -0.1) is 5.06 Å². The Balaban J connectivity index is 1.43. The molecule has 0 aliphatic carbocycles. The first-order chi connectivity index (χ1) is 13.7. The van der Waals surface area contributed by atoms with Crippen molar-refractivity contribution >= 4 is 22.4 Å². The molecule has 0 radical (unpaired) electrons. The molecule has 4 nitrogen and oxygen atoms in total. The van der Waals surface area contributed by atoms with E-state index in [0.29, 0.717) is 12.5 Å². The molecule has 1 aliphatic heterocycles. The quantitative estimate of drug-likeness (QED) is 0.639. The van der Waals surface area contributed by atoms with Gasteiger partial charge in [0.15, 0.2) is 0 Å². The summed E-state index contributed by atoms with van der Waals surface area (Å²) in [5, 5.41) is 4.35. The van der Waals surface area contributed by atoms with Gasteiger partial charge >= 0.3 is 5.97 Å². The van der Waals surface area contributed by atoms with Gasteiger partial charge in [0.1, 0.15) is 0 Å². The van der Waals surface area contributed by atoms with Gasteiger partial charge < -0.3 is 9.74 Å². The van der Waals surface area contributed by atoms with Crippen LogP contribution in [0.5, 0.6) is 0 Å². The summed E-state index contributed by atoms with van der Waals surface area (Å²) in [5.74, 6) is -0.194. The van der Waals surface area contributed by atoms with Crippen LogP contribution in [0.25, 0.3) is 10.8 Å². The second-order valence-electron chi connectivity index (χ2n) is 7.24. The zero-order valence-electron chi connectivity index (χ0n) is 16.3. The van der Waals surface area contributed by atoms with Crippen molar-refractivity contribution in [2.24, 2.45) is 0 Å². The topological polar surface area (TPSA) is 32.8 Å². The molecule has 4 rings (SSSR count). The highest BCUT2D eigenvalue weighted by molar-refractivity contribution is 5.94. The van der Waals surface area contributed by atoms with Crippen LogP contribution in [0.3, 0.4) is 0 Å². The molecule has 28 heavy (non-hydrogen) atoms. The molecule has 0 saturated carbocycles. The smallest absolute Gasteiger partial charge is 0.329 e. The van der Waals surface area contributed by atoms with Gasteiger partial charge in [-0.1, -0.05) is 66.7 Å². The Morgan fingerprint density at radius 2 is 1.79 bits per heavy atom. The van der Waals surface area contributed by atoms with Gasteiger partial charge in [-0.25, -0.2) is 4.79 Å². The van der Waals surface area contributed by atoms with Crippen LogP contribution in [0.2, 0.25) is 0 Å². The molecule has 1 fully saturated rings. The second-order valence-corrected chi connectivity index (χ2v) is 7.24. The standard InChI is InChI=1S/C24H26N2O2/c1-2-26(23-14-8-12-20-11-6-7-13-22(20)23)21-15-16-25(18-21)28-24(27)17-19-9-4-3-5-10-19/h3-14,21H,2,15-18H2,1H3/t21-/m0/s1. The van der Waals surface area contributed by atoms with Gasteiger partial charge in [-0.05, 0) is 30.4 Å². The maximum Gasteiger partial charge on any atom is 0.329 e. The van der Waals surface area contributed by atoms with E-state index in [4.69, 9.17) is 4.84 Å². The van der Waals surface area contributed by atoms with Crippen molar-refractivity contribution < 1.29 is 9.63 Å². The Hall–Kier alpha value is -2.85. The molecule has 0 N–H and O–H groups in total. The van der Waals surface area contributed by atoms with Crippen LogP contribution >= 0.6 is 0 Å². The fourth-order valence-corrected chi connectivity index (χ4v) is 4.07. The fraction of sp³-hybridized carbons (Fsp3) is 0.292. The second kappa shape index (κ2) is 8.44. The molecule has 144 valence electrons. The lowest BCUT2D eigenvalue weighted by Gasteiger charge is -2.31. The minimum Gasteiger partial charge on any atom is -0.368 e. The van der Waals surface area contributed by atoms with E-state index >= 15 is 0 Å². The first-order valence-electron chi connectivity index (χ1n) is 9.98. The molecule has 0 bridgehead atoms.